The van der Waals surface area contributed by atoms with Gasteiger partial charge in [-0.1, -0.05) is 25.4 Å². The van der Waals surface area contributed by atoms with Crippen LogP contribution in [0.3, 0.4) is 0 Å². The van der Waals surface area contributed by atoms with Gasteiger partial charge in [-0.05, 0) is 37.0 Å². The van der Waals surface area contributed by atoms with Crippen molar-refractivity contribution in [3.8, 4) is 5.75 Å². The number of anilines is 2. The van der Waals surface area contributed by atoms with Gasteiger partial charge in [0.05, 0.1) is 23.7 Å². The van der Waals surface area contributed by atoms with E-state index < -0.39 is 0 Å². The standard InChI is InChI=1S/C20H25ClN4O2/c1-14(2)13-27-18-6-5-16(10-17(18)21)24-20(26)15-4-3-9-25(12-15)19-11-22-7-8-23-19/h5-8,10-11,14-15H,3-4,9,12-13H2,1-2H3,(H,24,26)/t15-/m0/s1. The average molecular weight is 389 g/mol. The molecule has 0 bridgehead atoms. The van der Waals surface area contributed by atoms with E-state index in [0.29, 0.717) is 35.5 Å². The van der Waals surface area contributed by atoms with Gasteiger partial charge in [-0.3, -0.25) is 9.78 Å². The van der Waals surface area contributed by atoms with Crippen LogP contribution in [-0.2, 0) is 4.79 Å². The summed E-state index contributed by atoms with van der Waals surface area (Å²) in [6, 6.07) is 5.36. The summed E-state index contributed by atoms with van der Waals surface area (Å²) < 4.78 is 5.67. The van der Waals surface area contributed by atoms with Crippen LogP contribution in [0.4, 0.5) is 11.5 Å². The maximum atomic E-state index is 12.7. The third-order valence-electron chi connectivity index (χ3n) is 4.44. The zero-order chi connectivity index (χ0) is 19.2. The Labute approximate surface area is 164 Å². The number of nitrogens with one attached hydrogen (secondary N) is 1. The lowest BCUT2D eigenvalue weighted by atomic mass is 9.97. The van der Waals surface area contributed by atoms with E-state index in [4.69, 9.17) is 16.3 Å². The molecule has 3 rings (SSSR count). The van der Waals surface area contributed by atoms with Gasteiger partial charge < -0.3 is 15.0 Å². The van der Waals surface area contributed by atoms with Crippen molar-refractivity contribution in [2.75, 3.05) is 29.9 Å². The van der Waals surface area contributed by atoms with Crippen molar-refractivity contribution in [2.24, 2.45) is 11.8 Å². The summed E-state index contributed by atoms with van der Waals surface area (Å²) in [6.45, 7) is 6.28. The van der Waals surface area contributed by atoms with E-state index in [2.05, 4.69) is 34.0 Å². The fourth-order valence-corrected chi connectivity index (χ4v) is 3.29. The molecule has 1 aliphatic heterocycles. The van der Waals surface area contributed by atoms with E-state index in [1.165, 1.54) is 0 Å². The number of ether oxygens (including phenoxy) is 1. The highest BCUT2D eigenvalue weighted by Gasteiger charge is 2.26. The minimum absolute atomic E-state index is 0.00416. The highest BCUT2D eigenvalue weighted by Crippen LogP contribution is 2.29. The normalized spacial score (nSPS) is 17.0. The lowest BCUT2D eigenvalue weighted by Crippen LogP contribution is -2.41. The van der Waals surface area contributed by atoms with Crippen molar-refractivity contribution in [3.05, 3.63) is 41.8 Å². The second-order valence-electron chi connectivity index (χ2n) is 7.19. The van der Waals surface area contributed by atoms with Crippen molar-refractivity contribution >= 4 is 29.0 Å². The van der Waals surface area contributed by atoms with Crippen LogP contribution in [0.15, 0.2) is 36.8 Å². The molecule has 1 aromatic heterocycles. The number of hydrogen-bond acceptors (Lipinski definition) is 5. The van der Waals surface area contributed by atoms with Gasteiger partial charge in [-0.2, -0.15) is 0 Å². The Morgan fingerprint density at radius 2 is 2.26 bits per heavy atom. The topological polar surface area (TPSA) is 67.3 Å². The predicted molar refractivity (Wildman–Crippen MR) is 107 cm³/mol. The molecule has 2 heterocycles. The minimum atomic E-state index is -0.101. The Balaban J connectivity index is 1.60. The molecule has 0 unspecified atom stereocenters. The van der Waals surface area contributed by atoms with Crippen LogP contribution in [0.2, 0.25) is 5.02 Å². The first-order valence-electron chi connectivity index (χ1n) is 9.27. The molecule has 1 fully saturated rings. The van der Waals surface area contributed by atoms with Crippen LogP contribution in [-0.4, -0.2) is 35.6 Å². The number of carbonyl (C=O) groups is 1. The Morgan fingerprint density at radius 3 is 2.96 bits per heavy atom. The maximum absolute atomic E-state index is 12.7. The molecule has 2 aromatic rings. The van der Waals surface area contributed by atoms with Crippen molar-refractivity contribution in [1.82, 2.24) is 9.97 Å². The van der Waals surface area contributed by atoms with Gasteiger partial charge in [0.25, 0.3) is 0 Å². The van der Waals surface area contributed by atoms with E-state index >= 15 is 0 Å². The van der Waals surface area contributed by atoms with Gasteiger partial charge >= 0.3 is 0 Å². The summed E-state index contributed by atoms with van der Waals surface area (Å²) >= 11 is 6.29. The van der Waals surface area contributed by atoms with Crippen LogP contribution >= 0.6 is 11.6 Å². The molecule has 1 aliphatic rings. The molecular formula is C20H25ClN4O2. The predicted octanol–water partition coefficient (Wildman–Crippen LogP) is 4.02. The third-order valence-corrected chi connectivity index (χ3v) is 4.73. The molecule has 0 saturated carbocycles. The van der Waals surface area contributed by atoms with Crippen LogP contribution in [0, 0.1) is 11.8 Å². The fourth-order valence-electron chi connectivity index (χ4n) is 3.05. The Kier molecular flexibility index (Phi) is 6.50. The van der Waals surface area contributed by atoms with E-state index in [-0.39, 0.29) is 11.8 Å². The molecule has 1 N–H and O–H groups in total. The molecule has 144 valence electrons. The zero-order valence-corrected chi connectivity index (χ0v) is 16.4. The van der Waals surface area contributed by atoms with Gasteiger partial charge in [0.2, 0.25) is 5.91 Å². The summed E-state index contributed by atoms with van der Waals surface area (Å²) in [5, 5.41) is 3.47. The average Bonchev–Trinajstić information content (AvgIpc) is 2.68. The lowest BCUT2D eigenvalue weighted by Gasteiger charge is -2.32. The first-order chi connectivity index (χ1) is 13.0. The highest BCUT2D eigenvalue weighted by atomic mass is 35.5. The molecule has 1 saturated heterocycles. The number of piperidine rings is 1. The van der Waals surface area contributed by atoms with Crippen molar-refractivity contribution in [1.29, 1.82) is 0 Å². The van der Waals surface area contributed by atoms with Crippen molar-refractivity contribution in [3.63, 3.8) is 0 Å². The Morgan fingerprint density at radius 1 is 1.41 bits per heavy atom. The Bertz CT molecular complexity index is 770. The molecule has 0 spiro atoms. The largest absolute Gasteiger partial charge is 0.492 e. The van der Waals surface area contributed by atoms with Gasteiger partial charge in [-0.15, -0.1) is 0 Å². The summed E-state index contributed by atoms with van der Waals surface area (Å²) in [5.41, 5.74) is 0.679. The number of nitrogens with zero attached hydrogens (tertiary/aromatic N) is 3. The maximum Gasteiger partial charge on any atom is 0.229 e. The molecule has 27 heavy (non-hydrogen) atoms. The Hall–Kier alpha value is -2.34. The molecular weight excluding hydrogens is 364 g/mol. The summed E-state index contributed by atoms with van der Waals surface area (Å²) in [6.07, 6.45) is 6.85. The minimum Gasteiger partial charge on any atom is -0.492 e. The quantitative estimate of drug-likeness (QED) is 0.809. The van der Waals surface area contributed by atoms with Gasteiger partial charge in [0.15, 0.2) is 0 Å². The van der Waals surface area contributed by atoms with E-state index in [0.717, 1.165) is 25.2 Å². The molecule has 7 heteroatoms. The van der Waals surface area contributed by atoms with Crippen LogP contribution < -0.4 is 15.0 Å². The van der Waals surface area contributed by atoms with Crippen molar-refractivity contribution < 1.29 is 9.53 Å². The van der Waals surface area contributed by atoms with Crippen LogP contribution in [0.5, 0.6) is 5.75 Å². The number of halogens is 1. The monoisotopic (exact) mass is 388 g/mol. The van der Waals surface area contributed by atoms with Crippen LogP contribution in [0.1, 0.15) is 26.7 Å². The van der Waals surface area contributed by atoms with Gasteiger partial charge in [0, 0.05) is 31.2 Å². The lowest BCUT2D eigenvalue weighted by molar-refractivity contribution is -0.120. The molecule has 0 radical (unpaired) electrons. The van der Waals surface area contributed by atoms with E-state index in [1.807, 2.05) is 6.07 Å². The van der Waals surface area contributed by atoms with Crippen LogP contribution in [0.25, 0.3) is 0 Å². The SMILES string of the molecule is CC(C)COc1ccc(NC(=O)[C@H]2CCCN(c3cnccn3)C2)cc1Cl. The first-order valence-corrected chi connectivity index (χ1v) is 9.65. The first kappa shape index (κ1) is 19.4. The second-order valence-corrected chi connectivity index (χ2v) is 7.60. The molecule has 1 atom stereocenters. The summed E-state index contributed by atoms with van der Waals surface area (Å²) in [7, 11) is 0. The van der Waals surface area contributed by atoms with E-state index in [9.17, 15) is 4.79 Å². The summed E-state index contributed by atoms with van der Waals surface area (Å²) in [5.74, 6) is 1.76. The molecule has 6 nitrogen and oxygen atoms in total. The van der Waals surface area contributed by atoms with E-state index in [1.54, 1.807) is 30.7 Å². The molecule has 0 aliphatic carbocycles. The molecule has 1 aromatic carbocycles. The van der Waals surface area contributed by atoms with Gasteiger partial charge in [0.1, 0.15) is 11.6 Å². The van der Waals surface area contributed by atoms with Crippen molar-refractivity contribution in [2.45, 2.75) is 26.7 Å². The van der Waals surface area contributed by atoms with Gasteiger partial charge in [-0.25, -0.2) is 4.98 Å². The number of carbonyl (C=O) groups excluding carboxylic acids is 1. The fraction of sp³-hybridized carbons (Fsp3) is 0.450. The molecule has 1 amide bonds. The second kappa shape index (κ2) is 9.04. The number of aromatic nitrogens is 2. The number of benzene rings is 1. The number of amides is 1. The number of rotatable bonds is 6. The third kappa shape index (κ3) is 5.32. The number of hydrogen-bond donors (Lipinski definition) is 1. The highest BCUT2D eigenvalue weighted by molar-refractivity contribution is 6.32. The zero-order valence-electron chi connectivity index (χ0n) is 15.7. The summed E-state index contributed by atoms with van der Waals surface area (Å²) in [4.78, 5) is 23.3. The smallest absolute Gasteiger partial charge is 0.229 e.